The fraction of sp³-hybridized carbons (Fsp3) is 0.364. The van der Waals surface area contributed by atoms with Crippen LogP contribution in [-0.2, 0) is 17.8 Å². The first kappa shape index (κ1) is 13.5. The number of carbonyl (C=O) groups excluding carboxylic acids is 1. The van der Waals surface area contributed by atoms with E-state index in [0.29, 0.717) is 6.54 Å². The van der Waals surface area contributed by atoms with Crippen LogP contribution in [0.15, 0.2) is 22.7 Å². The predicted octanol–water partition coefficient (Wildman–Crippen LogP) is 1.71. The van der Waals surface area contributed by atoms with Crippen LogP contribution in [0, 0.1) is 0 Å². The lowest BCUT2D eigenvalue weighted by Crippen LogP contribution is -2.39. The molecule has 3 nitrogen and oxygen atoms in total. The van der Waals surface area contributed by atoms with Crippen molar-refractivity contribution in [1.82, 2.24) is 4.90 Å². The van der Waals surface area contributed by atoms with Gasteiger partial charge in [0, 0.05) is 17.6 Å². The van der Waals surface area contributed by atoms with E-state index in [1.807, 2.05) is 17.0 Å². The van der Waals surface area contributed by atoms with Gasteiger partial charge in [0.15, 0.2) is 0 Å². The van der Waals surface area contributed by atoms with Gasteiger partial charge in [-0.1, -0.05) is 28.1 Å². The number of nitrogens with two attached hydrogens (primary N) is 1. The number of nitrogens with zero attached hydrogens (tertiary/aromatic N) is 1. The van der Waals surface area contributed by atoms with Gasteiger partial charge in [-0.25, -0.2) is 0 Å². The number of hydrogen-bond acceptors (Lipinski definition) is 2. The van der Waals surface area contributed by atoms with Gasteiger partial charge in [-0.05, 0) is 23.6 Å². The van der Waals surface area contributed by atoms with Gasteiger partial charge in [0.1, 0.15) is 0 Å². The van der Waals surface area contributed by atoms with E-state index < -0.39 is 0 Å². The Kier molecular flexibility index (Phi) is 4.77. The van der Waals surface area contributed by atoms with Crippen LogP contribution in [0.1, 0.15) is 11.1 Å². The fourth-order valence-electron chi connectivity index (χ4n) is 1.90. The van der Waals surface area contributed by atoms with Crippen molar-refractivity contribution in [3.63, 3.8) is 0 Å². The summed E-state index contributed by atoms with van der Waals surface area (Å²) in [6.07, 6.45) is 0.905. The summed E-state index contributed by atoms with van der Waals surface area (Å²) in [6, 6.07) is 6.11. The van der Waals surface area contributed by atoms with Gasteiger partial charge >= 0.3 is 0 Å². The van der Waals surface area contributed by atoms with Gasteiger partial charge in [0.2, 0.25) is 5.91 Å². The highest BCUT2D eigenvalue weighted by Crippen LogP contribution is 2.26. The lowest BCUT2D eigenvalue weighted by atomic mass is 10.00. The minimum Gasteiger partial charge on any atom is -0.337 e. The molecule has 16 heavy (non-hydrogen) atoms. The molecule has 1 amide bonds. The average molecular weight is 306 g/mol. The van der Waals surface area contributed by atoms with Gasteiger partial charge in [-0.2, -0.15) is 0 Å². The molecule has 0 saturated heterocycles. The third kappa shape index (κ3) is 2.56. The van der Waals surface area contributed by atoms with E-state index >= 15 is 0 Å². The zero-order valence-electron chi connectivity index (χ0n) is 8.78. The van der Waals surface area contributed by atoms with Crippen LogP contribution in [0.3, 0.4) is 0 Å². The van der Waals surface area contributed by atoms with Crippen molar-refractivity contribution in [2.45, 2.75) is 13.0 Å². The zero-order valence-corrected chi connectivity index (χ0v) is 11.2. The molecule has 0 spiro atoms. The van der Waals surface area contributed by atoms with Crippen LogP contribution in [-0.4, -0.2) is 23.9 Å². The molecule has 1 heterocycles. The Hall–Kier alpha value is -0.580. The van der Waals surface area contributed by atoms with Crippen molar-refractivity contribution >= 4 is 34.2 Å². The van der Waals surface area contributed by atoms with Crippen LogP contribution in [0.2, 0.25) is 0 Å². The van der Waals surface area contributed by atoms with Crippen molar-refractivity contribution in [3.05, 3.63) is 33.8 Å². The maximum Gasteiger partial charge on any atom is 0.236 e. The van der Waals surface area contributed by atoms with Gasteiger partial charge in [0.05, 0.1) is 6.54 Å². The molecule has 1 aromatic carbocycles. The smallest absolute Gasteiger partial charge is 0.236 e. The molecule has 0 bridgehead atoms. The number of rotatable bonds is 1. The topological polar surface area (TPSA) is 46.3 Å². The van der Waals surface area contributed by atoms with Crippen molar-refractivity contribution in [2.24, 2.45) is 5.73 Å². The van der Waals surface area contributed by atoms with Crippen molar-refractivity contribution in [2.75, 3.05) is 13.1 Å². The molecule has 1 aliphatic heterocycles. The lowest BCUT2D eigenvalue weighted by molar-refractivity contribution is -0.130. The molecule has 2 rings (SSSR count). The van der Waals surface area contributed by atoms with Crippen LogP contribution in [0.5, 0.6) is 0 Å². The lowest BCUT2D eigenvalue weighted by Gasteiger charge is -2.29. The molecular weight excluding hydrogens is 291 g/mol. The summed E-state index contributed by atoms with van der Waals surface area (Å²) >= 11 is 3.53. The van der Waals surface area contributed by atoms with Crippen molar-refractivity contribution in [3.8, 4) is 0 Å². The molecule has 88 valence electrons. The Balaban J connectivity index is 0.00000128. The minimum absolute atomic E-state index is 0. The first-order chi connectivity index (χ1) is 7.22. The standard InChI is InChI=1S/C11H13BrN2O.ClH/c12-10-3-1-2-8-7-14(11(15)6-13)5-4-9(8)10;/h1-3H,4-7,13H2;1H. The Morgan fingerprint density at radius 2 is 2.25 bits per heavy atom. The third-order valence-electron chi connectivity index (χ3n) is 2.74. The molecule has 0 aliphatic carbocycles. The van der Waals surface area contributed by atoms with E-state index in [0.717, 1.165) is 17.4 Å². The summed E-state index contributed by atoms with van der Waals surface area (Å²) in [5.41, 5.74) is 7.89. The van der Waals surface area contributed by atoms with Gasteiger partial charge < -0.3 is 10.6 Å². The summed E-state index contributed by atoms with van der Waals surface area (Å²) in [6.45, 7) is 1.56. The maximum atomic E-state index is 11.5. The van der Waals surface area contributed by atoms with E-state index in [4.69, 9.17) is 5.73 Å². The molecule has 0 atom stereocenters. The van der Waals surface area contributed by atoms with Crippen molar-refractivity contribution in [1.29, 1.82) is 0 Å². The predicted molar refractivity (Wildman–Crippen MR) is 69.6 cm³/mol. The summed E-state index contributed by atoms with van der Waals surface area (Å²) < 4.78 is 1.14. The van der Waals surface area contributed by atoms with Crippen LogP contribution in [0.25, 0.3) is 0 Å². The number of halogens is 2. The minimum atomic E-state index is 0. The molecule has 1 aromatic rings. The first-order valence-corrected chi connectivity index (χ1v) is 5.76. The van der Waals surface area contributed by atoms with E-state index in [1.54, 1.807) is 0 Å². The van der Waals surface area contributed by atoms with Gasteiger partial charge in [-0.15, -0.1) is 12.4 Å². The molecule has 5 heteroatoms. The Labute approximate surface area is 110 Å². The summed E-state index contributed by atoms with van der Waals surface area (Å²) in [5.74, 6) is 0.0284. The normalized spacial score (nSPS) is 14.0. The molecule has 0 unspecified atom stereocenters. The Bertz CT molecular complexity index is 398. The molecule has 0 fully saturated rings. The van der Waals surface area contributed by atoms with E-state index in [9.17, 15) is 4.79 Å². The highest BCUT2D eigenvalue weighted by atomic mass is 79.9. The van der Waals surface area contributed by atoms with Gasteiger partial charge in [-0.3, -0.25) is 4.79 Å². The number of fused-ring (bicyclic) bond motifs is 1. The quantitative estimate of drug-likeness (QED) is 0.858. The highest BCUT2D eigenvalue weighted by molar-refractivity contribution is 9.10. The second-order valence-electron chi connectivity index (χ2n) is 3.65. The maximum absolute atomic E-state index is 11.5. The zero-order chi connectivity index (χ0) is 10.8. The number of carbonyl (C=O) groups is 1. The van der Waals surface area contributed by atoms with E-state index in [1.165, 1.54) is 11.1 Å². The SMILES string of the molecule is Cl.NCC(=O)N1CCc2c(Br)cccc2C1. The highest BCUT2D eigenvalue weighted by Gasteiger charge is 2.20. The van der Waals surface area contributed by atoms with E-state index in [2.05, 4.69) is 22.0 Å². The monoisotopic (exact) mass is 304 g/mol. The second-order valence-corrected chi connectivity index (χ2v) is 4.50. The summed E-state index contributed by atoms with van der Waals surface area (Å²) in [4.78, 5) is 13.3. The molecule has 0 radical (unpaired) electrons. The molecular formula is C11H14BrClN2O. The number of benzene rings is 1. The number of hydrogen-bond donors (Lipinski definition) is 1. The van der Waals surface area contributed by atoms with Crippen molar-refractivity contribution < 1.29 is 4.79 Å². The molecule has 0 saturated carbocycles. The fourth-order valence-corrected chi connectivity index (χ4v) is 2.51. The Morgan fingerprint density at radius 1 is 1.50 bits per heavy atom. The van der Waals surface area contributed by atoms with Crippen LogP contribution in [0.4, 0.5) is 0 Å². The van der Waals surface area contributed by atoms with Crippen LogP contribution >= 0.6 is 28.3 Å². The summed E-state index contributed by atoms with van der Waals surface area (Å²) in [5, 5.41) is 0. The number of amides is 1. The molecule has 2 N–H and O–H groups in total. The first-order valence-electron chi connectivity index (χ1n) is 4.96. The second kappa shape index (κ2) is 5.66. The van der Waals surface area contributed by atoms with E-state index in [-0.39, 0.29) is 24.9 Å². The van der Waals surface area contributed by atoms with Crippen LogP contribution < -0.4 is 5.73 Å². The largest absolute Gasteiger partial charge is 0.337 e. The third-order valence-corrected chi connectivity index (χ3v) is 3.48. The van der Waals surface area contributed by atoms with Gasteiger partial charge in [0.25, 0.3) is 0 Å². The average Bonchev–Trinajstić information content (AvgIpc) is 2.28. The molecule has 0 aromatic heterocycles. The summed E-state index contributed by atoms with van der Waals surface area (Å²) in [7, 11) is 0. The molecule has 1 aliphatic rings. The Morgan fingerprint density at radius 3 is 2.94 bits per heavy atom.